The van der Waals surface area contributed by atoms with Crippen LogP contribution in [0.4, 0.5) is 0 Å². The third kappa shape index (κ3) is 6.07. The highest BCUT2D eigenvalue weighted by atomic mass is 35.5. The summed E-state index contributed by atoms with van der Waals surface area (Å²) in [5.74, 6) is -0.0850. The highest BCUT2D eigenvalue weighted by Gasteiger charge is 2.19. The summed E-state index contributed by atoms with van der Waals surface area (Å²) in [7, 11) is 0. The van der Waals surface area contributed by atoms with Gasteiger partial charge >= 0.3 is 0 Å². The van der Waals surface area contributed by atoms with Crippen LogP contribution in [-0.2, 0) is 9.59 Å². The molecule has 2 aromatic rings. The summed E-state index contributed by atoms with van der Waals surface area (Å²) in [5, 5.41) is 6.13. The Labute approximate surface area is 163 Å². The molecule has 0 bridgehead atoms. The monoisotopic (exact) mass is 390 g/mol. The molecule has 0 aliphatic rings. The van der Waals surface area contributed by atoms with Crippen molar-refractivity contribution in [1.82, 2.24) is 10.6 Å². The fourth-order valence-corrected chi connectivity index (χ4v) is 3.71. The van der Waals surface area contributed by atoms with Crippen LogP contribution >= 0.6 is 23.4 Å². The minimum Gasteiger partial charge on any atom is -0.355 e. The quantitative estimate of drug-likeness (QED) is 0.720. The van der Waals surface area contributed by atoms with Gasteiger partial charge in [0.15, 0.2) is 0 Å². The van der Waals surface area contributed by atoms with Crippen molar-refractivity contribution in [2.45, 2.75) is 25.1 Å². The maximum atomic E-state index is 12.3. The van der Waals surface area contributed by atoms with E-state index in [1.54, 1.807) is 6.92 Å². The van der Waals surface area contributed by atoms with Crippen LogP contribution in [-0.4, -0.2) is 30.2 Å². The summed E-state index contributed by atoms with van der Waals surface area (Å²) in [4.78, 5) is 24.0. The van der Waals surface area contributed by atoms with E-state index in [1.165, 1.54) is 11.8 Å². The standard InChI is InChI=1S/C20H23ClN2O2S/c1-3-22-20(25)14(2)23-18(24)13-26-19(15-7-5-4-6-8-15)16-9-11-17(21)12-10-16/h4-12,14,19H,3,13H2,1-2H3,(H,22,25)(H,23,24)/t14-,19+/m1/s1. The number of likely N-dealkylation sites (N-methyl/N-ethyl adjacent to an activating group) is 1. The highest BCUT2D eigenvalue weighted by molar-refractivity contribution is 8.00. The van der Waals surface area contributed by atoms with Gasteiger partial charge in [0.1, 0.15) is 6.04 Å². The Hall–Kier alpha value is -1.98. The zero-order chi connectivity index (χ0) is 18.9. The van der Waals surface area contributed by atoms with Crippen molar-refractivity contribution in [3.8, 4) is 0 Å². The van der Waals surface area contributed by atoms with E-state index in [0.29, 0.717) is 11.6 Å². The molecule has 0 spiro atoms. The highest BCUT2D eigenvalue weighted by Crippen LogP contribution is 2.35. The molecular weight excluding hydrogens is 368 g/mol. The van der Waals surface area contributed by atoms with Gasteiger partial charge in [-0.1, -0.05) is 54.1 Å². The van der Waals surface area contributed by atoms with Crippen molar-refractivity contribution in [1.29, 1.82) is 0 Å². The van der Waals surface area contributed by atoms with Crippen molar-refractivity contribution < 1.29 is 9.59 Å². The predicted molar refractivity (Wildman–Crippen MR) is 108 cm³/mol. The van der Waals surface area contributed by atoms with E-state index >= 15 is 0 Å². The normalized spacial score (nSPS) is 12.9. The lowest BCUT2D eigenvalue weighted by Gasteiger charge is -2.19. The van der Waals surface area contributed by atoms with E-state index < -0.39 is 6.04 Å². The molecule has 6 heteroatoms. The van der Waals surface area contributed by atoms with Crippen molar-refractivity contribution in [2.75, 3.05) is 12.3 Å². The summed E-state index contributed by atoms with van der Waals surface area (Å²) in [6, 6.07) is 17.1. The minimum absolute atomic E-state index is 0.0130. The first-order valence-electron chi connectivity index (χ1n) is 8.50. The van der Waals surface area contributed by atoms with E-state index in [2.05, 4.69) is 10.6 Å². The van der Waals surface area contributed by atoms with Crippen LogP contribution in [0.25, 0.3) is 0 Å². The summed E-state index contributed by atoms with van der Waals surface area (Å²) in [6.07, 6.45) is 0. The van der Waals surface area contributed by atoms with Crippen LogP contribution in [0.1, 0.15) is 30.2 Å². The molecule has 4 nitrogen and oxygen atoms in total. The number of hydrogen-bond acceptors (Lipinski definition) is 3. The van der Waals surface area contributed by atoms with Crippen LogP contribution in [0.5, 0.6) is 0 Å². The van der Waals surface area contributed by atoms with Crippen LogP contribution in [0.2, 0.25) is 5.02 Å². The molecule has 138 valence electrons. The fraction of sp³-hybridized carbons (Fsp3) is 0.300. The third-order valence-electron chi connectivity index (χ3n) is 3.78. The van der Waals surface area contributed by atoms with Crippen LogP contribution in [0.3, 0.4) is 0 Å². The summed E-state index contributed by atoms with van der Waals surface area (Å²) < 4.78 is 0. The Morgan fingerprint density at radius 1 is 1.04 bits per heavy atom. The lowest BCUT2D eigenvalue weighted by Crippen LogP contribution is -2.45. The van der Waals surface area contributed by atoms with Crippen molar-refractivity contribution in [2.24, 2.45) is 0 Å². The molecule has 0 heterocycles. The molecule has 2 atom stereocenters. The zero-order valence-corrected chi connectivity index (χ0v) is 16.4. The molecule has 0 aliphatic heterocycles. The molecule has 2 aromatic carbocycles. The second-order valence-corrected chi connectivity index (χ2v) is 7.37. The maximum absolute atomic E-state index is 12.3. The van der Waals surface area contributed by atoms with Gasteiger partial charge in [-0.15, -0.1) is 11.8 Å². The largest absolute Gasteiger partial charge is 0.355 e. The van der Waals surface area contributed by atoms with E-state index in [-0.39, 0.29) is 22.8 Å². The number of hydrogen-bond donors (Lipinski definition) is 2. The molecule has 0 saturated heterocycles. The van der Waals surface area contributed by atoms with Crippen LogP contribution in [0, 0.1) is 0 Å². The molecule has 26 heavy (non-hydrogen) atoms. The molecule has 2 N–H and O–H groups in total. The number of halogens is 1. The molecule has 2 rings (SSSR count). The summed E-state index contributed by atoms with van der Waals surface area (Å²) in [6.45, 7) is 4.07. The Morgan fingerprint density at radius 3 is 2.27 bits per heavy atom. The number of rotatable bonds is 8. The van der Waals surface area contributed by atoms with Gasteiger partial charge in [0.2, 0.25) is 11.8 Å². The molecule has 0 aliphatic carbocycles. The fourth-order valence-electron chi connectivity index (χ4n) is 2.49. The minimum atomic E-state index is -0.547. The Kier molecular flexibility index (Phi) is 8.01. The number of thioether (sulfide) groups is 1. The first kappa shape index (κ1) is 20.3. The molecule has 0 unspecified atom stereocenters. The topological polar surface area (TPSA) is 58.2 Å². The number of benzene rings is 2. The average Bonchev–Trinajstić information content (AvgIpc) is 2.64. The van der Waals surface area contributed by atoms with Gasteiger partial charge in [-0.05, 0) is 37.1 Å². The smallest absolute Gasteiger partial charge is 0.242 e. The first-order valence-corrected chi connectivity index (χ1v) is 9.93. The summed E-state index contributed by atoms with van der Waals surface area (Å²) >= 11 is 7.52. The van der Waals surface area contributed by atoms with Crippen molar-refractivity contribution in [3.63, 3.8) is 0 Å². The number of nitrogens with one attached hydrogen (secondary N) is 2. The van der Waals surface area contributed by atoms with Gasteiger partial charge in [0.25, 0.3) is 0 Å². The third-order valence-corrected chi connectivity index (χ3v) is 5.34. The van der Waals surface area contributed by atoms with E-state index in [0.717, 1.165) is 11.1 Å². The van der Waals surface area contributed by atoms with Gasteiger partial charge < -0.3 is 10.6 Å². The molecule has 0 radical (unpaired) electrons. The Morgan fingerprint density at radius 2 is 1.65 bits per heavy atom. The van der Waals surface area contributed by atoms with Gasteiger partial charge in [-0.25, -0.2) is 0 Å². The second-order valence-electron chi connectivity index (χ2n) is 5.84. The molecule has 2 amide bonds. The van der Waals surface area contributed by atoms with Gasteiger partial charge in [0, 0.05) is 11.6 Å². The molecule has 0 saturated carbocycles. The van der Waals surface area contributed by atoms with Crippen molar-refractivity contribution >= 4 is 35.2 Å². The average molecular weight is 391 g/mol. The van der Waals surface area contributed by atoms with Gasteiger partial charge in [-0.3, -0.25) is 9.59 Å². The number of carbonyl (C=O) groups is 2. The lowest BCUT2D eigenvalue weighted by atomic mass is 10.0. The van der Waals surface area contributed by atoms with E-state index in [4.69, 9.17) is 11.6 Å². The number of amides is 2. The first-order chi connectivity index (χ1) is 12.5. The Bertz CT molecular complexity index is 722. The Balaban J connectivity index is 2.04. The molecule has 0 fully saturated rings. The van der Waals surface area contributed by atoms with Gasteiger partial charge in [0.05, 0.1) is 11.0 Å². The van der Waals surface area contributed by atoms with Crippen LogP contribution < -0.4 is 10.6 Å². The lowest BCUT2D eigenvalue weighted by molar-refractivity contribution is -0.127. The SMILES string of the molecule is CCNC(=O)[C@@H](C)NC(=O)CS[C@@H](c1ccccc1)c1ccc(Cl)cc1. The van der Waals surface area contributed by atoms with Crippen LogP contribution in [0.15, 0.2) is 54.6 Å². The van der Waals surface area contributed by atoms with E-state index in [1.807, 2.05) is 61.5 Å². The van der Waals surface area contributed by atoms with Crippen molar-refractivity contribution in [3.05, 3.63) is 70.7 Å². The van der Waals surface area contributed by atoms with Gasteiger partial charge in [-0.2, -0.15) is 0 Å². The second kappa shape index (κ2) is 10.2. The summed E-state index contributed by atoms with van der Waals surface area (Å²) in [5.41, 5.74) is 2.19. The molecular formula is C20H23ClN2O2S. The number of carbonyl (C=O) groups excluding carboxylic acids is 2. The molecule has 0 aromatic heterocycles. The maximum Gasteiger partial charge on any atom is 0.242 e. The zero-order valence-electron chi connectivity index (χ0n) is 14.9. The van der Waals surface area contributed by atoms with E-state index in [9.17, 15) is 9.59 Å². The predicted octanol–water partition coefficient (Wildman–Crippen LogP) is 3.80.